The van der Waals surface area contributed by atoms with Gasteiger partial charge in [-0.1, -0.05) is 33.1 Å². The van der Waals surface area contributed by atoms with Crippen LogP contribution in [0.2, 0.25) is 0 Å². The molecule has 1 aliphatic carbocycles. The van der Waals surface area contributed by atoms with E-state index in [1.54, 1.807) is 11.3 Å². The Bertz CT molecular complexity index is 701. The number of H-pyrrole nitrogens is 1. The van der Waals surface area contributed by atoms with Crippen molar-refractivity contribution in [2.75, 3.05) is 20.6 Å². The van der Waals surface area contributed by atoms with Crippen LogP contribution in [0.3, 0.4) is 0 Å². The molecule has 0 unspecified atom stereocenters. The Kier molecular flexibility index (Phi) is 8.06. The second-order valence-corrected chi connectivity index (χ2v) is 7.68. The summed E-state index contributed by atoms with van der Waals surface area (Å²) in [5.41, 5.74) is 1.13. The smallest absolute Gasteiger partial charge is 0.259 e. The van der Waals surface area contributed by atoms with Crippen LogP contribution in [0.1, 0.15) is 56.4 Å². The number of fused-ring (bicyclic) bond motifs is 3. The zero-order valence-electron chi connectivity index (χ0n) is 16.0. The minimum Gasteiger partial charge on any atom is -0.313 e. The first-order chi connectivity index (χ1) is 12.2. The normalized spacial score (nSPS) is 17.3. The molecule has 2 aromatic heterocycles. The average Bonchev–Trinajstić information content (AvgIpc) is 3.04. The lowest BCUT2D eigenvalue weighted by molar-refractivity contribution is 0.229. The fourth-order valence-electron chi connectivity index (χ4n) is 3.45. The molecule has 1 saturated carbocycles. The first-order valence-electron chi connectivity index (χ1n) is 9.52. The van der Waals surface area contributed by atoms with Gasteiger partial charge in [0.1, 0.15) is 4.83 Å². The summed E-state index contributed by atoms with van der Waals surface area (Å²) < 4.78 is 0. The first kappa shape index (κ1) is 20.1. The van der Waals surface area contributed by atoms with E-state index in [9.17, 15) is 4.79 Å². The molecule has 2 N–H and O–H groups in total. The Hall–Kier alpha value is -1.24. The van der Waals surface area contributed by atoms with Crippen LogP contribution in [-0.4, -0.2) is 41.5 Å². The summed E-state index contributed by atoms with van der Waals surface area (Å²) in [7, 11) is 4.38. The Labute approximate surface area is 154 Å². The molecule has 0 atom stereocenters. The molecule has 25 heavy (non-hydrogen) atoms. The highest BCUT2D eigenvalue weighted by Crippen LogP contribution is 2.29. The standard InChI is InChI=1S/C9H9N3OS.C8H17N.C2H6/c13-8-7-5-3-10-2-1-6(5)14-9(7)12-4-11-8;1-9(2)8-6-4-3-5-7-8;1-2/h4,10H,1-3H2,(H,11,12,13);8H,3-7H2,1-2H3;1-2H3. The summed E-state index contributed by atoms with van der Waals surface area (Å²) in [5, 5.41) is 4.05. The largest absolute Gasteiger partial charge is 0.313 e. The van der Waals surface area contributed by atoms with Crippen LogP contribution >= 0.6 is 11.3 Å². The predicted molar refractivity (Wildman–Crippen MR) is 108 cm³/mol. The average molecular weight is 365 g/mol. The van der Waals surface area contributed by atoms with Gasteiger partial charge in [-0.3, -0.25) is 4.79 Å². The number of hydrogen-bond acceptors (Lipinski definition) is 5. The molecule has 1 fully saturated rings. The summed E-state index contributed by atoms with van der Waals surface area (Å²) in [6.45, 7) is 5.79. The van der Waals surface area contributed by atoms with Gasteiger partial charge in [0.15, 0.2) is 0 Å². The van der Waals surface area contributed by atoms with E-state index in [0.717, 1.165) is 41.3 Å². The van der Waals surface area contributed by atoms with Crippen molar-refractivity contribution in [2.24, 2.45) is 0 Å². The molecule has 4 rings (SSSR count). The third-order valence-electron chi connectivity index (χ3n) is 4.81. The maximum atomic E-state index is 11.6. The maximum Gasteiger partial charge on any atom is 0.259 e. The molecule has 5 nitrogen and oxygen atoms in total. The van der Waals surface area contributed by atoms with Crippen molar-refractivity contribution in [3.05, 3.63) is 27.1 Å². The Morgan fingerprint density at radius 1 is 1.20 bits per heavy atom. The highest BCUT2D eigenvalue weighted by atomic mass is 32.1. The molecular weight excluding hydrogens is 332 g/mol. The Morgan fingerprint density at radius 3 is 2.56 bits per heavy atom. The van der Waals surface area contributed by atoms with Crippen LogP contribution < -0.4 is 10.9 Å². The zero-order chi connectivity index (χ0) is 18.2. The van der Waals surface area contributed by atoms with Gasteiger partial charge in [0.2, 0.25) is 0 Å². The fourth-order valence-corrected chi connectivity index (χ4v) is 4.60. The molecule has 0 bridgehead atoms. The predicted octanol–water partition coefficient (Wildman–Crippen LogP) is 3.54. The van der Waals surface area contributed by atoms with Crippen molar-refractivity contribution in [3.8, 4) is 0 Å². The molecule has 0 amide bonds. The van der Waals surface area contributed by atoms with Crippen LogP contribution in [0.25, 0.3) is 10.2 Å². The molecule has 0 spiro atoms. The van der Waals surface area contributed by atoms with Crippen LogP contribution in [0.5, 0.6) is 0 Å². The van der Waals surface area contributed by atoms with Crippen LogP contribution in [-0.2, 0) is 13.0 Å². The van der Waals surface area contributed by atoms with Gasteiger partial charge in [0, 0.05) is 24.0 Å². The van der Waals surface area contributed by atoms with E-state index in [4.69, 9.17) is 0 Å². The van der Waals surface area contributed by atoms with Gasteiger partial charge in [-0.25, -0.2) is 4.98 Å². The van der Waals surface area contributed by atoms with Crippen LogP contribution in [0.4, 0.5) is 0 Å². The van der Waals surface area contributed by atoms with E-state index < -0.39 is 0 Å². The van der Waals surface area contributed by atoms with Gasteiger partial charge in [-0.15, -0.1) is 11.3 Å². The second-order valence-electron chi connectivity index (χ2n) is 6.60. The molecule has 6 heteroatoms. The molecule has 1 aliphatic heterocycles. The number of aromatic amines is 1. The van der Waals surface area contributed by atoms with Crippen molar-refractivity contribution in [2.45, 2.75) is 65.0 Å². The lowest BCUT2D eigenvalue weighted by Crippen LogP contribution is -2.29. The number of nitrogens with zero attached hydrogens (tertiary/aromatic N) is 2. The molecule has 0 aromatic carbocycles. The van der Waals surface area contributed by atoms with Crippen molar-refractivity contribution in [1.29, 1.82) is 0 Å². The van der Waals surface area contributed by atoms with Gasteiger partial charge in [-0.2, -0.15) is 0 Å². The molecule has 2 aromatic rings. The van der Waals surface area contributed by atoms with Gasteiger partial charge in [0.25, 0.3) is 5.56 Å². The summed E-state index contributed by atoms with van der Waals surface area (Å²) in [6.07, 6.45) is 9.69. The minimum atomic E-state index is -0.0174. The number of nitrogens with one attached hydrogen (secondary N) is 2. The Morgan fingerprint density at radius 2 is 1.92 bits per heavy atom. The summed E-state index contributed by atoms with van der Waals surface area (Å²) >= 11 is 1.64. The number of aromatic nitrogens is 2. The van der Waals surface area contributed by atoms with Gasteiger partial charge in [-0.05, 0) is 38.9 Å². The summed E-state index contributed by atoms with van der Waals surface area (Å²) in [6, 6.07) is 0.888. The number of thiophene rings is 1. The van der Waals surface area contributed by atoms with E-state index in [0.29, 0.717) is 0 Å². The molecule has 140 valence electrons. The zero-order valence-corrected chi connectivity index (χ0v) is 16.8. The molecule has 0 saturated heterocycles. The topological polar surface area (TPSA) is 61.0 Å². The Balaban J connectivity index is 0.000000179. The monoisotopic (exact) mass is 364 g/mol. The van der Waals surface area contributed by atoms with E-state index in [2.05, 4.69) is 34.3 Å². The highest BCUT2D eigenvalue weighted by Gasteiger charge is 2.18. The van der Waals surface area contributed by atoms with Gasteiger partial charge >= 0.3 is 0 Å². The molecule has 2 aliphatic rings. The number of hydrogen-bond donors (Lipinski definition) is 2. The SMILES string of the molecule is CC.CN(C)C1CCCCC1.O=c1[nH]cnc2sc3c(c12)CNCC3. The summed E-state index contributed by atoms with van der Waals surface area (Å²) in [4.78, 5) is 22.9. The molecule has 0 radical (unpaired) electrons. The minimum absolute atomic E-state index is 0.0174. The second kappa shape index (κ2) is 10.0. The van der Waals surface area contributed by atoms with E-state index in [1.165, 1.54) is 43.3 Å². The molecular formula is C19H32N4OS. The van der Waals surface area contributed by atoms with Crippen molar-refractivity contribution >= 4 is 21.6 Å². The van der Waals surface area contributed by atoms with Crippen LogP contribution in [0.15, 0.2) is 11.1 Å². The van der Waals surface area contributed by atoms with Crippen LogP contribution in [0, 0.1) is 0 Å². The first-order valence-corrected chi connectivity index (χ1v) is 10.3. The third kappa shape index (κ3) is 5.12. The van der Waals surface area contributed by atoms with Gasteiger partial charge < -0.3 is 15.2 Å². The van der Waals surface area contributed by atoms with Crippen molar-refractivity contribution < 1.29 is 0 Å². The lowest BCUT2D eigenvalue weighted by atomic mass is 9.95. The fraction of sp³-hybridized carbons (Fsp3) is 0.684. The lowest BCUT2D eigenvalue weighted by Gasteiger charge is -2.27. The summed E-state index contributed by atoms with van der Waals surface area (Å²) in [5.74, 6) is 0. The van der Waals surface area contributed by atoms with Crippen molar-refractivity contribution in [1.82, 2.24) is 20.2 Å². The van der Waals surface area contributed by atoms with E-state index >= 15 is 0 Å². The quantitative estimate of drug-likeness (QED) is 0.812. The van der Waals surface area contributed by atoms with Gasteiger partial charge in [0.05, 0.1) is 11.7 Å². The van der Waals surface area contributed by atoms with Crippen molar-refractivity contribution in [3.63, 3.8) is 0 Å². The third-order valence-corrected chi connectivity index (χ3v) is 6.01. The number of rotatable bonds is 1. The molecule has 3 heterocycles. The highest BCUT2D eigenvalue weighted by molar-refractivity contribution is 7.18. The van der Waals surface area contributed by atoms with E-state index in [1.807, 2.05) is 13.8 Å². The van der Waals surface area contributed by atoms with E-state index in [-0.39, 0.29) is 5.56 Å². The maximum absolute atomic E-state index is 11.6.